The molecule has 0 spiro atoms. The first-order chi connectivity index (χ1) is 17.7. The van der Waals surface area contributed by atoms with Crippen molar-refractivity contribution in [3.8, 4) is 16.9 Å². The van der Waals surface area contributed by atoms with Crippen LogP contribution >= 0.6 is 11.6 Å². The van der Waals surface area contributed by atoms with Crippen molar-refractivity contribution in [1.82, 2.24) is 29.6 Å². The van der Waals surface area contributed by atoms with E-state index in [0.717, 1.165) is 39.1 Å². The molecule has 1 aromatic carbocycles. The van der Waals surface area contributed by atoms with E-state index in [4.69, 9.17) is 32.6 Å². The quantitative estimate of drug-likeness (QED) is 0.260. The third kappa shape index (κ3) is 4.59. The highest BCUT2D eigenvalue weighted by Crippen LogP contribution is 2.44. The van der Waals surface area contributed by atoms with Crippen LogP contribution in [0.2, 0.25) is 5.02 Å². The number of hydrogen-bond acceptors (Lipinski definition) is 7. The van der Waals surface area contributed by atoms with E-state index in [2.05, 4.69) is 21.9 Å². The summed E-state index contributed by atoms with van der Waals surface area (Å²) in [6, 6.07) is 5.55. The Morgan fingerprint density at radius 3 is 2.65 bits per heavy atom. The van der Waals surface area contributed by atoms with Gasteiger partial charge in [-0.3, -0.25) is 10.4 Å². The van der Waals surface area contributed by atoms with Gasteiger partial charge in [-0.15, -0.1) is 0 Å². The molecule has 3 aromatic heterocycles. The summed E-state index contributed by atoms with van der Waals surface area (Å²) < 4.78 is 8.41. The Morgan fingerprint density at radius 2 is 2.00 bits per heavy atom. The SMILES string of the molecule is Cc1c(Cl)cc(C(C)n2nc(C)c3c(N)ncnc32)c(OCC2CC2)c1-c1ccc(C(=N)N(C)C)nc1. The summed E-state index contributed by atoms with van der Waals surface area (Å²) in [6.45, 7) is 6.59. The van der Waals surface area contributed by atoms with Gasteiger partial charge in [0, 0.05) is 42.0 Å². The minimum atomic E-state index is -0.245. The summed E-state index contributed by atoms with van der Waals surface area (Å²) in [7, 11) is 3.66. The maximum absolute atomic E-state index is 8.26. The Balaban J connectivity index is 1.67. The Kier molecular flexibility index (Phi) is 6.49. The molecule has 0 saturated heterocycles. The molecule has 1 fully saturated rings. The number of hydrogen-bond donors (Lipinski definition) is 2. The highest BCUT2D eigenvalue weighted by Gasteiger charge is 2.28. The van der Waals surface area contributed by atoms with Gasteiger partial charge in [0.25, 0.3) is 0 Å². The zero-order chi connectivity index (χ0) is 26.4. The molecule has 3 heterocycles. The van der Waals surface area contributed by atoms with Crippen LogP contribution in [0.4, 0.5) is 5.82 Å². The molecule has 37 heavy (non-hydrogen) atoms. The average molecular weight is 519 g/mol. The van der Waals surface area contributed by atoms with Crippen LogP contribution in [0.5, 0.6) is 5.75 Å². The Hall–Kier alpha value is -3.72. The number of anilines is 1. The van der Waals surface area contributed by atoms with E-state index in [1.165, 1.54) is 19.2 Å². The van der Waals surface area contributed by atoms with Gasteiger partial charge in [0.15, 0.2) is 5.65 Å². The van der Waals surface area contributed by atoms with Crippen LogP contribution in [0.25, 0.3) is 22.2 Å². The fourth-order valence-electron chi connectivity index (χ4n) is 4.53. The zero-order valence-electron chi connectivity index (χ0n) is 21.7. The molecule has 1 aliphatic rings. The molecule has 3 N–H and O–H groups in total. The molecule has 1 unspecified atom stereocenters. The van der Waals surface area contributed by atoms with Crippen molar-refractivity contribution in [1.29, 1.82) is 5.41 Å². The molecule has 4 aromatic rings. The molecule has 0 bridgehead atoms. The summed E-state index contributed by atoms with van der Waals surface area (Å²) in [5, 5.41) is 14.4. The smallest absolute Gasteiger partial charge is 0.164 e. The number of amidine groups is 1. The minimum Gasteiger partial charge on any atom is -0.492 e. The van der Waals surface area contributed by atoms with Crippen molar-refractivity contribution in [3.63, 3.8) is 0 Å². The van der Waals surface area contributed by atoms with Crippen molar-refractivity contribution in [2.75, 3.05) is 26.4 Å². The number of aryl methyl sites for hydroxylation is 1. The molecular formula is C27H31ClN8O. The van der Waals surface area contributed by atoms with Gasteiger partial charge in [-0.05, 0) is 57.2 Å². The number of nitrogen functional groups attached to an aromatic ring is 1. The van der Waals surface area contributed by atoms with Crippen LogP contribution in [0.3, 0.4) is 0 Å². The lowest BCUT2D eigenvalue weighted by Gasteiger charge is -2.23. The molecule has 1 saturated carbocycles. The van der Waals surface area contributed by atoms with Gasteiger partial charge in [0.1, 0.15) is 29.4 Å². The third-order valence-corrected chi connectivity index (χ3v) is 7.31. The number of halogens is 1. The van der Waals surface area contributed by atoms with Crippen molar-refractivity contribution < 1.29 is 4.74 Å². The van der Waals surface area contributed by atoms with E-state index in [1.54, 1.807) is 11.1 Å². The first-order valence-corrected chi connectivity index (χ1v) is 12.7. The van der Waals surface area contributed by atoms with Gasteiger partial charge in [0.2, 0.25) is 0 Å². The number of benzene rings is 1. The molecule has 192 valence electrons. The fourth-order valence-corrected chi connectivity index (χ4v) is 4.74. The Morgan fingerprint density at radius 1 is 1.24 bits per heavy atom. The molecule has 5 rings (SSSR count). The lowest BCUT2D eigenvalue weighted by molar-refractivity contribution is 0.295. The van der Waals surface area contributed by atoms with Gasteiger partial charge in [-0.2, -0.15) is 5.10 Å². The number of nitrogens with two attached hydrogens (primary N) is 1. The van der Waals surface area contributed by atoms with E-state index in [0.29, 0.717) is 40.5 Å². The van der Waals surface area contributed by atoms with Crippen LogP contribution < -0.4 is 10.5 Å². The zero-order valence-corrected chi connectivity index (χ0v) is 22.5. The molecule has 1 aliphatic carbocycles. The molecule has 1 atom stereocenters. The molecule has 0 amide bonds. The second-order valence-electron chi connectivity index (χ2n) is 9.87. The number of aromatic nitrogens is 5. The predicted molar refractivity (Wildman–Crippen MR) is 146 cm³/mol. The maximum Gasteiger partial charge on any atom is 0.164 e. The second kappa shape index (κ2) is 9.63. The average Bonchev–Trinajstić information content (AvgIpc) is 3.65. The predicted octanol–water partition coefficient (Wildman–Crippen LogP) is 5.03. The van der Waals surface area contributed by atoms with Crippen LogP contribution in [0, 0.1) is 25.2 Å². The largest absolute Gasteiger partial charge is 0.492 e. The number of nitrogens with zero attached hydrogens (tertiary/aromatic N) is 6. The summed E-state index contributed by atoms with van der Waals surface area (Å²) >= 11 is 6.83. The first kappa shape index (κ1) is 25.0. The van der Waals surface area contributed by atoms with E-state index >= 15 is 0 Å². The first-order valence-electron chi connectivity index (χ1n) is 12.3. The molecule has 0 radical (unpaired) electrons. The lowest BCUT2D eigenvalue weighted by Crippen LogP contribution is -2.22. The number of pyridine rings is 1. The topological polar surface area (TPSA) is 119 Å². The lowest BCUT2D eigenvalue weighted by atomic mass is 9.94. The molecule has 9 nitrogen and oxygen atoms in total. The van der Waals surface area contributed by atoms with E-state index in [-0.39, 0.29) is 6.04 Å². The summed E-state index contributed by atoms with van der Waals surface area (Å²) in [5.41, 5.74) is 11.8. The van der Waals surface area contributed by atoms with Crippen molar-refractivity contribution in [3.05, 3.63) is 58.3 Å². The highest BCUT2D eigenvalue weighted by atomic mass is 35.5. The molecule has 0 aliphatic heterocycles. The van der Waals surface area contributed by atoms with E-state index < -0.39 is 0 Å². The molecule has 10 heteroatoms. The number of fused-ring (bicyclic) bond motifs is 1. The van der Waals surface area contributed by atoms with Gasteiger partial charge >= 0.3 is 0 Å². The van der Waals surface area contributed by atoms with Crippen molar-refractivity contribution >= 4 is 34.3 Å². The Labute approximate surface area is 221 Å². The van der Waals surface area contributed by atoms with E-state index in [1.807, 2.05) is 50.8 Å². The van der Waals surface area contributed by atoms with Crippen LogP contribution in [-0.2, 0) is 0 Å². The van der Waals surface area contributed by atoms with Crippen LogP contribution in [0.1, 0.15) is 48.3 Å². The van der Waals surface area contributed by atoms with Crippen LogP contribution in [0.15, 0.2) is 30.7 Å². The highest BCUT2D eigenvalue weighted by molar-refractivity contribution is 6.32. The third-order valence-electron chi connectivity index (χ3n) is 6.92. The number of nitrogens with one attached hydrogen (secondary N) is 1. The van der Waals surface area contributed by atoms with Crippen molar-refractivity contribution in [2.24, 2.45) is 5.92 Å². The normalized spacial score (nSPS) is 14.1. The summed E-state index contributed by atoms with van der Waals surface area (Å²) in [6.07, 6.45) is 5.59. The Bertz CT molecular complexity index is 1490. The number of ether oxygens (including phenoxy) is 1. The number of rotatable bonds is 7. The second-order valence-corrected chi connectivity index (χ2v) is 10.3. The standard InChI is InChI=1S/C27H31ClN8O/c1-14-20(28)10-19(16(3)36-27-23(15(2)34-36)25(29)32-13-33-27)24(37-12-17-6-7-17)22(14)18-8-9-21(31-11-18)26(30)35(4)5/h8-11,13,16-17,30H,6-7,12H2,1-5H3,(H2,29,32,33). The summed E-state index contributed by atoms with van der Waals surface area (Å²) in [5.74, 6) is 2.08. The monoisotopic (exact) mass is 518 g/mol. The van der Waals surface area contributed by atoms with Gasteiger partial charge in [-0.1, -0.05) is 17.7 Å². The molecular weight excluding hydrogens is 488 g/mol. The fraction of sp³-hybridized carbons (Fsp3) is 0.370. The summed E-state index contributed by atoms with van der Waals surface area (Å²) in [4.78, 5) is 14.9. The maximum atomic E-state index is 8.26. The van der Waals surface area contributed by atoms with Gasteiger partial charge in [-0.25, -0.2) is 14.6 Å². The van der Waals surface area contributed by atoms with Crippen molar-refractivity contribution in [2.45, 2.75) is 39.7 Å². The van der Waals surface area contributed by atoms with E-state index in [9.17, 15) is 0 Å². The van der Waals surface area contributed by atoms with Gasteiger partial charge < -0.3 is 15.4 Å². The minimum absolute atomic E-state index is 0.245. The van der Waals surface area contributed by atoms with Crippen LogP contribution in [-0.4, -0.2) is 56.2 Å². The van der Waals surface area contributed by atoms with Gasteiger partial charge in [0.05, 0.1) is 23.7 Å².